The zero-order chi connectivity index (χ0) is 22.4. The van der Waals surface area contributed by atoms with Gasteiger partial charge in [0.2, 0.25) is 5.91 Å². The first-order chi connectivity index (χ1) is 14.9. The van der Waals surface area contributed by atoms with Crippen molar-refractivity contribution in [2.24, 2.45) is 7.05 Å². The first-order valence-corrected chi connectivity index (χ1v) is 10.1. The summed E-state index contributed by atoms with van der Waals surface area (Å²) < 4.78 is 7.31. The highest BCUT2D eigenvalue weighted by Crippen LogP contribution is 2.23. The molecule has 0 aliphatic heterocycles. The molecule has 0 aliphatic carbocycles. The number of carbonyl (C=O) groups excluding carboxylic acids is 2. The van der Waals surface area contributed by atoms with Gasteiger partial charge in [-0.3, -0.25) is 19.2 Å². The van der Waals surface area contributed by atoms with E-state index in [1.165, 1.54) is 9.58 Å². The van der Waals surface area contributed by atoms with E-state index in [4.69, 9.17) is 10.00 Å². The summed E-state index contributed by atoms with van der Waals surface area (Å²) in [7, 11) is 1.70. The van der Waals surface area contributed by atoms with Gasteiger partial charge in [-0.2, -0.15) is 10.4 Å². The minimum atomic E-state index is -0.362. The Labute approximate surface area is 181 Å². The van der Waals surface area contributed by atoms with E-state index < -0.39 is 0 Å². The van der Waals surface area contributed by atoms with Crippen molar-refractivity contribution in [1.82, 2.24) is 14.7 Å². The molecule has 0 saturated carbocycles. The second-order valence-electron chi connectivity index (χ2n) is 7.02. The van der Waals surface area contributed by atoms with Crippen molar-refractivity contribution in [1.29, 1.82) is 5.26 Å². The third-order valence-electron chi connectivity index (χ3n) is 4.84. The van der Waals surface area contributed by atoms with Gasteiger partial charge in [-0.25, -0.2) is 0 Å². The van der Waals surface area contributed by atoms with Gasteiger partial charge in [-0.1, -0.05) is 26.0 Å². The molecule has 2 amide bonds. The summed E-state index contributed by atoms with van der Waals surface area (Å²) in [4.78, 5) is 26.8. The van der Waals surface area contributed by atoms with E-state index in [0.717, 1.165) is 11.3 Å². The minimum absolute atomic E-state index is 0.162. The van der Waals surface area contributed by atoms with E-state index in [1.807, 2.05) is 19.1 Å². The van der Waals surface area contributed by atoms with Gasteiger partial charge in [0.25, 0.3) is 5.91 Å². The molecule has 0 fully saturated rings. The summed E-state index contributed by atoms with van der Waals surface area (Å²) in [5.41, 5.74) is 2.56. The van der Waals surface area contributed by atoms with E-state index in [1.54, 1.807) is 56.4 Å². The van der Waals surface area contributed by atoms with E-state index in [9.17, 15) is 9.59 Å². The van der Waals surface area contributed by atoms with Gasteiger partial charge in [-0.05, 0) is 54.4 Å². The molecular formula is C24H24N4O3. The molecule has 0 N–H and O–H groups in total. The van der Waals surface area contributed by atoms with Crippen LogP contribution in [0.2, 0.25) is 0 Å². The summed E-state index contributed by atoms with van der Waals surface area (Å²) >= 11 is 0. The molecule has 0 saturated heterocycles. The first kappa shape index (κ1) is 21.8. The minimum Gasteiger partial charge on any atom is -0.457 e. The second-order valence-corrected chi connectivity index (χ2v) is 7.02. The molecule has 7 nitrogen and oxygen atoms in total. The van der Waals surface area contributed by atoms with Gasteiger partial charge in [0.1, 0.15) is 17.2 Å². The SMILES string of the molecule is CCC(=O)N(Cc1ccc(Oc2ccc(C#N)cc2)cc1)C(=O)c1cc(CC)nn1C. The van der Waals surface area contributed by atoms with Crippen molar-refractivity contribution in [3.8, 4) is 17.6 Å². The Hall–Kier alpha value is -3.92. The fraction of sp³-hybridized carbons (Fsp3) is 0.250. The molecule has 1 aromatic heterocycles. The molecule has 0 unspecified atom stereocenters. The fourth-order valence-corrected chi connectivity index (χ4v) is 3.08. The molecule has 0 radical (unpaired) electrons. The topological polar surface area (TPSA) is 88.2 Å². The molecule has 2 aromatic carbocycles. The van der Waals surface area contributed by atoms with Crippen LogP contribution in [0, 0.1) is 11.3 Å². The largest absolute Gasteiger partial charge is 0.457 e. The molecule has 3 rings (SSSR count). The number of hydrogen-bond donors (Lipinski definition) is 0. The molecule has 3 aromatic rings. The highest BCUT2D eigenvalue weighted by atomic mass is 16.5. The summed E-state index contributed by atoms with van der Waals surface area (Å²) in [6, 6.07) is 17.8. The number of imide groups is 1. The number of ether oxygens (including phenoxy) is 1. The van der Waals surface area contributed by atoms with Crippen LogP contribution in [0.5, 0.6) is 11.5 Å². The molecule has 7 heteroatoms. The number of benzene rings is 2. The van der Waals surface area contributed by atoms with E-state index in [2.05, 4.69) is 11.2 Å². The number of hydrogen-bond acceptors (Lipinski definition) is 5. The van der Waals surface area contributed by atoms with Gasteiger partial charge >= 0.3 is 0 Å². The monoisotopic (exact) mass is 416 g/mol. The Kier molecular flexibility index (Phi) is 6.83. The van der Waals surface area contributed by atoms with Crippen molar-refractivity contribution in [2.45, 2.75) is 33.2 Å². The lowest BCUT2D eigenvalue weighted by Crippen LogP contribution is -2.37. The molecule has 31 heavy (non-hydrogen) atoms. The Balaban J connectivity index is 1.75. The molecule has 0 aliphatic rings. The maximum absolute atomic E-state index is 13.1. The van der Waals surface area contributed by atoms with Crippen molar-refractivity contribution in [3.63, 3.8) is 0 Å². The Morgan fingerprint density at radius 3 is 2.19 bits per heavy atom. The molecular weight excluding hydrogens is 392 g/mol. The number of nitrogens with zero attached hydrogens (tertiary/aromatic N) is 4. The highest BCUT2D eigenvalue weighted by molar-refractivity contribution is 6.03. The van der Waals surface area contributed by atoms with Gasteiger partial charge in [0.15, 0.2) is 0 Å². The average Bonchev–Trinajstić information content (AvgIpc) is 3.19. The average molecular weight is 416 g/mol. The number of aryl methyl sites for hydroxylation is 2. The Morgan fingerprint density at radius 1 is 1.06 bits per heavy atom. The first-order valence-electron chi connectivity index (χ1n) is 10.1. The molecule has 0 atom stereocenters. The van der Waals surface area contributed by atoms with Crippen LogP contribution in [0.25, 0.3) is 0 Å². The Bertz CT molecular complexity index is 1110. The van der Waals surface area contributed by atoms with Crippen LogP contribution in [0.4, 0.5) is 0 Å². The number of nitriles is 1. The quantitative estimate of drug-likeness (QED) is 0.575. The van der Waals surface area contributed by atoms with Crippen molar-refractivity contribution in [2.75, 3.05) is 0 Å². The van der Waals surface area contributed by atoms with Crippen molar-refractivity contribution < 1.29 is 14.3 Å². The zero-order valence-corrected chi connectivity index (χ0v) is 17.8. The van der Waals surface area contributed by atoms with Gasteiger partial charge < -0.3 is 4.74 Å². The van der Waals surface area contributed by atoms with Crippen LogP contribution < -0.4 is 4.74 Å². The predicted molar refractivity (Wildman–Crippen MR) is 115 cm³/mol. The summed E-state index contributed by atoms with van der Waals surface area (Å²) in [5.74, 6) is 0.627. The molecule has 158 valence electrons. The van der Waals surface area contributed by atoms with E-state index in [0.29, 0.717) is 29.2 Å². The van der Waals surface area contributed by atoms with Crippen LogP contribution >= 0.6 is 0 Å². The predicted octanol–water partition coefficient (Wildman–Crippen LogP) is 4.23. The standard InChI is InChI=1S/C24H24N4O3/c1-4-19-14-22(27(3)26-19)24(30)28(23(29)5-2)16-18-8-12-21(13-9-18)31-20-10-6-17(15-25)7-11-20/h6-14H,4-5,16H2,1-3H3. The van der Waals surface area contributed by atoms with Crippen molar-refractivity contribution in [3.05, 3.63) is 77.1 Å². The van der Waals surface area contributed by atoms with Gasteiger partial charge in [0, 0.05) is 13.5 Å². The highest BCUT2D eigenvalue weighted by Gasteiger charge is 2.25. The molecule has 0 spiro atoms. The van der Waals surface area contributed by atoms with Crippen molar-refractivity contribution >= 4 is 11.8 Å². The number of amides is 2. The normalized spacial score (nSPS) is 10.4. The van der Waals surface area contributed by atoms with Gasteiger partial charge in [0.05, 0.1) is 23.9 Å². The summed E-state index contributed by atoms with van der Waals surface area (Å²) in [6.45, 7) is 3.86. The third-order valence-corrected chi connectivity index (χ3v) is 4.84. The zero-order valence-electron chi connectivity index (χ0n) is 17.8. The summed E-state index contributed by atoms with van der Waals surface area (Å²) in [5, 5.41) is 13.2. The lowest BCUT2D eigenvalue weighted by atomic mass is 10.1. The fourth-order valence-electron chi connectivity index (χ4n) is 3.08. The van der Waals surface area contributed by atoms with Crippen LogP contribution in [-0.4, -0.2) is 26.5 Å². The number of carbonyl (C=O) groups is 2. The number of aromatic nitrogens is 2. The maximum atomic E-state index is 13.1. The van der Waals surface area contributed by atoms with Crippen LogP contribution in [-0.2, 0) is 24.8 Å². The smallest absolute Gasteiger partial charge is 0.279 e. The van der Waals surface area contributed by atoms with Crippen LogP contribution in [0.15, 0.2) is 54.6 Å². The third kappa shape index (κ3) is 5.17. The second kappa shape index (κ2) is 9.72. The lowest BCUT2D eigenvalue weighted by Gasteiger charge is -2.20. The van der Waals surface area contributed by atoms with Gasteiger partial charge in [-0.15, -0.1) is 0 Å². The molecule has 1 heterocycles. The molecule has 0 bridgehead atoms. The van der Waals surface area contributed by atoms with Crippen LogP contribution in [0.3, 0.4) is 0 Å². The summed E-state index contributed by atoms with van der Waals surface area (Å²) in [6.07, 6.45) is 0.938. The van der Waals surface area contributed by atoms with E-state index >= 15 is 0 Å². The van der Waals surface area contributed by atoms with Crippen LogP contribution in [0.1, 0.15) is 47.6 Å². The lowest BCUT2D eigenvalue weighted by molar-refractivity contribution is -0.128. The number of rotatable bonds is 7. The maximum Gasteiger partial charge on any atom is 0.279 e. The Morgan fingerprint density at radius 2 is 1.68 bits per heavy atom. The van der Waals surface area contributed by atoms with E-state index in [-0.39, 0.29) is 24.8 Å².